The zero-order chi connectivity index (χ0) is 15.0. The molecule has 1 amide bonds. The molecule has 3 nitrogen and oxygen atoms in total. The van der Waals surface area contributed by atoms with Crippen LogP contribution in [0.25, 0.3) is 10.2 Å². The quantitative estimate of drug-likeness (QED) is 0.655. The Hall–Kier alpha value is -0.850. The van der Waals surface area contributed by atoms with Gasteiger partial charge in [0.15, 0.2) is 5.13 Å². The summed E-state index contributed by atoms with van der Waals surface area (Å²) in [7, 11) is 0. The average Bonchev–Trinajstić information content (AvgIpc) is 3.01. The molecule has 0 aliphatic rings. The molecule has 0 spiro atoms. The molecule has 108 valence electrons. The van der Waals surface area contributed by atoms with Crippen molar-refractivity contribution in [3.05, 3.63) is 43.5 Å². The second-order valence-electron chi connectivity index (χ2n) is 4.16. The molecule has 0 radical (unpaired) electrons. The van der Waals surface area contributed by atoms with Crippen LogP contribution in [-0.2, 0) is 11.2 Å². The molecule has 0 aliphatic carbocycles. The van der Waals surface area contributed by atoms with Crippen molar-refractivity contribution in [1.82, 2.24) is 4.98 Å². The Morgan fingerprint density at radius 1 is 1.14 bits per heavy atom. The van der Waals surface area contributed by atoms with Crippen molar-refractivity contribution >= 4 is 78.7 Å². The van der Waals surface area contributed by atoms with E-state index < -0.39 is 0 Å². The highest BCUT2D eigenvalue weighted by molar-refractivity contribution is 7.22. The third kappa shape index (κ3) is 3.33. The van der Waals surface area contributed by atoms with Crippen LogP contribution in [-0.4, -0.2) is 10.9 Å². The number of benzene rings is 1. The van der Waals surface area contributed by atoms with E-state index in [0.29, 0.717) is 25.0 Å². The van der Waals surface area contributed by atoms with Gasteiger partial charge in [0, 0.05) is 4.88 Å². The molecule has 0 saturated heterocycles. The van der Waals surface area contributed by atoms with Crippen molar-refractivity contribution in [2.45, 2.75) is 6.42 Å². The van der Waals surface area contributed by atoms with E-state index in [-0.39, 0.29) is 12.3 Å². The lowest BCUT2D eigenvalue weighted by atomic mass is 10.3. The number of rotatable bonds is 3. The van der Waals surface area contributed by atoms with Crippen LogP contribution >= 0.6 is 57.5 Å². The van der Waals surface area contributed by atoms with Crippen LogP contribution in [0.5, 0.6) is 0 Å². The van der Waals surface area contributed by atoms with Gasteiger partial charge in [-0.15, -0.1) is 11.3 Å². The van der Waals surface area contributed by atoms with Crippen LogP contribution in [0.15, 0.2) is 24.3 Å². The summed E-state index contributed by atoms with van der Waals surface area (Å²) in [6.45, 7) is 0. The normalized spacial score (nSPS) is 11.0. The monoisotopic (exact) mass is 376 g/mol. The minimum atomic E-state index is -0.144. The molecule has 3 rings (SSSR count). The van der Waals surface area contributed by atoms with Gasteiger partial charge < -0.3 is 5.32 Å². The van der Waals surface area contributed by atoms with Crippen LogP contribution in [0.2, 0.25) is 14.4 Å². The Bertz CT molecular complexity index is 828. The van der Waals surface area contributed by atoms with Gasteiger partial charge in [-0.1, -0.05) is 46.1 Å². The molecule has 0 fully saturated rings. The number of aromatic nitrogens is 1. The number of anilines is 1. The van der Waals surface area contributed by atoms with E-state index in [1.807, 2.05) is 12.1 Å². The van der Waals surface area contributed by atoms with Crippen LogP contribution in [0, 0.1) is 0 Å². The number of thiazole rings is 1. The first-order chi connectivity index (χ1) is 10.0. The molecule has 21 heavy (non-hydrogen) atoms. The van der Waals surface area contributed by atoms with E-state index in [1.54, 1.807) is 12.1 Å². The maximum atomic E-state index is 12.0. The number of carbonyl (C=O) groups is 1. The van der Waals surface area contributed by atoms with E-state index in [1.165, 1.54) is 22.7 Å². The lowest BCUT2D eigenvalue weighted by Crippen LogP contribution is -2.13. The number of hydrogen-bond donors (Lipinski definition) is 1. The first-order valence-electron chi connectivity index (χ1n) is 5.81. The van der Waals surface area contributed by atoms with E-state index >= 15 is 0 Å². The number of nitrogens with one attached hydrogen (secondary N) is 1. The van der Waals surface area contributed by atoms with Gasteiger partial charge in [0.05, 0.1) is 25.5 Å². The van der Waals surface area contributed by atoms with E-state index in [4.69, 9.17) is 34.8 Å². The molecule has 0 bridgehead atoms. The van der Waals surface area contributed by atoms with Gasteiger partial charge in [0.1, 0.15) is 5.52 Å². The van der Waals surface area contributed by atoms with Gasteiger partial charge in [-0.05, 0) is 24.3 Å². The lowest BCUT2D eigenvalue weighted by Gasteiger charge is -1.98. The Kier molecular flexibility index (Phi) is 4.38. The molecule has 2 heterocycles. The summed E-state index contributed by atoms with van der Waals surface area (Å²) >= 11 is 20.6. The van der Waals surface area contributed by atoms with Crippen molar-refractivity contribution in [3.63, 3.8) is 0 Å². The van der Waals surface area contributed by atoms with E-state index in [9.17, 15) is 4.79 Å². The van der Waals surface area contributed by atoms with E-state index in [2.05, 4.69) is 10.3 Å². The predicted octanol–water partition coefficient (Wildman–Crippen LogP) is 5.50. The summed E-state index contributed by atoms with van der Waals surface area (Å²) < 4.78 is 1.54. The Morgan fingerprint density at radius 2 is 1.95 bits per heavy atom. The van der Waals surface area contributed by atoms with Crippen LogP contribution in [0.4, 0.5) is 5.13 Å². The molecule has 2 aromatic heterocycles. The minimum Gasteiger partial charge on any atom is -0.302 e. The fourth-order valence-electron chi connectivity index (χ4n) is 1.76. The molecule has 8 heteroatoms. The third-order valence-electron chi connectivity index (χ3n) is 2.66. The topological polar surface area (TPSA) is 42.0 Å². The maximum absolute atomic E-state index is 12.0. The van der Waals surface area contributed by atoms with Gasteiger partial charge in [-0.3, -0.25) is 4.79 Å². The number of hydrogen-bond acceptors (Lipinski definition) is 4. The van der Waals surface area contributed by atoms with Gasteiger partial charge in [0.2, 0.25) is 5.91 Å². The highest BCUT2D eigenvalue weighted by Crippen LogP contribution is 2.35. The Balaban J connectivity index is 1.78. The number of amides is 1. The smallest absolute Gasteiger partial charge is 0.231 e. The van der Waals surface area contributed by atoms with Crippen molar-refractivity contribution in [2.75, 3.05) is 5.32 Å². The molecule has 0 unspecified atom stereocenters. The van der Waals surface area contributed by atoms with E-state index in [0.717, 1.165) is 9.58 Å². The standard InChI is InChI=1S/C13H7Cl3N2OS2/c14-7-2-3-8-12(11(7)16)18-13(21-8)17-10(19)5-6-1-4-9(15)20-6/h1-4H,5H2,(H,17,18,19). The molecule has 1 aromatic carbocycles. The Labute approximate surface area is 143 Å². The van der Waals surface area contributed by atoms with Crippen LogP contribution in [0.1, 0.15) is 4.88 Å². The van der Waals surface area contributed by atoms with Crippen molar-refractivity contribution in [1.29, 1.82) is 0 Å². The zero-order valence-electron chi connectivity index (χ0n) is 10.3. The fraction of sp³-hybridized carbons (Fsp3) is 0.0769. The SMILES string of the molecule is O=C(Cc1ccc(Cl)s1)Nc1nc2c(Cl)c(Cl)ccc2s1. The van der Waals surface area contributed by atoms with Crippen molar-refractivity contribution in [3.8, 4) is 0 Å². The second kappa shape index (κ2) is 6.10. The maximum Gasteiger partial charge on any atom is 0.231 e. The average molecular weight is 378 g/mol. The highest BCUT2D eigenvalue weighted by atomic mass is 35.5. The van der Waals surface area contributed by atoms with Crippen molar-refractivity contribution in [2.24, 2.45) is 0 Å². The second-order valence-corrected chi connectivity index (χ2v) is 7.77. The lowest BCUT2D eigenvalue weighted by molar-refractivity contribution is -0.115. The minimum absolute atomic E-state index is 0.144. The van der Waals surface area contributed by atoms with Gasteiger partial charge in [-0.2, -0.15) is 0 Å². The molecular formula is C13H7Cl3N2OS2. The number of fused-ring (bicyclic) bond motifs is 1. The number of thiophene rings is 1. The number of halogens is 3. The largest absolute Gasteiger partial charge is 0.302 e. The Morgan fingerprint density at radius 3 is 2.67 bits per heavy atom. The molecule has 0 aliphatic heterocycles. The summed E-state index contributed by atoms with van der Waals surface area (Å²) in [5.74, 6) is -0.144. The number of carbonyl (C=O) groups excluding carboxylic acids is 1. The van der Waals surface area contributed by atoms with Crippen LogP contribution < -0.4 is 5.32 Å². The summed E-state index contributed by atoms with van der Waals surface area (Å²) in [5, 5.41) is 4.11. The summed E-state index contributed by atoms with van der Waals surface area (Å²) in [6.07, 6.45) is 0.266. The third-order valence-corrected chi connectivity index (χ3v) is 5.62. The van der Waals surface area contributed by atoms with Gasteiger partial charge >= 0.3 is 0 Å². The van der Waals surface area contributed by atoms with Crippen LogP contribution in [0.3, 0.4) is 0 Å². The summed E-state index contributed by atoms with van der Waals surface area (Å²) in [4.78, 5) is 17.2. The molecule has 1 N–H and O–H groups in total. The first-order valence-corrected chi connectivity index (χ1v) is 8.58. The summed E-state index contributed by atoms with van der Waals surface area (Å²) in [6, 6.07) is 7.15. The summed E-state index contributed by atoms with van der Waals surface area (Å²) in [5.41, 5.74) is 0.601. The van der Waals surface area contributed by atoms with Crippen molar-refractivity contribution < 1.29 is 4.79 Å². The molecule has 0 atom stereocenters. The zero-order valence-corrected chi connectivity index (χ0v) is 14.2. The van der Waals surface area contributed by atoms with Gasteiger partial charge in [0.25, 0.3) is 0 Å². The predicted molar refractivity (Wildman–Crippen MR) is 91.3 cm³/mol. The highest BCUT2D eigenvalue weighted by Gasteiger charge is 2.13. The fourth-order valence-corrected chi connectivity index (χ4v) is 4.15. The van der Waals surface area contributed by atoms with Gasteiger partial charge in [-0.25, -0.2) is 4.98 Å². The first kappa shape index (κ1) is 15.1. The molecular weight excluding hydrogens is 371 g/mol. The number of nitrogens with zero attached hydrogens (tertiary/aromatic N) is 1. The molecule has 0 saturated carbocycles. The molecule has 3 aromatic rings.